The number of aliphatic hydroxyl groups is 1. The van der Waals surface area contributed by atoms with Gasteiger partial charge in [-0.3, -0.25) is 4.79 Å². The molecule has 0 amide bonds. The number of carbonyl (C=O) groups is 2. The van der Waals surface area contributed by atoms with Gasteiger partial charge in [-0.2, -0.15) is 0 Å². The second-order valence-electron chi connectivity index (χ2n) is 3.40. The van der Waals surface area contributed by atoms with Gasteiger partial charge in [-0.05, 0) is 31.5 Å². The minimum atomic E-state index is -1.03. The molecule has 0 aliphatic rings. The molecule has 4 heteroatoms. The molecule has 0 aromatic heterocycles. The molecular formula is C12H12O4. The Hall–Kier alpha value is -2.10. The Morgan fingerprint density at radius 2 is 1.38 bits per heavy atom. The zero-order valence-electron chi connectivity index (χ0n) is 9.02. The van der Waals surface area contributed by atoms with E-state index in [1.165, 1.54) is 38.1 Å². The number of benzene rings is 1. The van der Waals surface area contributed by atoms with E-state index < -0.39 is 5.97 Å². The fourth-order valence-corrected chi connectivity index (χ4v) is 1.45. The largest absolute Gasteiger partial charge is 0.512 e. The summed E-state index contributed by atoms with van der Waals surface area (Å²) in [6.45, 7) is 2.77. The maximum absolute atomic E-state index is 11.3. The normalized spacial score (nSPS) is 11.9. The Labute approximate surface area is 92.8 Å². The van der Waals surface area contributed by atoms with E-state index in [0.29, 0.717) is 5.56 Å². The summed E-state index contributed by atoms with van der Waals surface area (Å²) in [4.78, 5) is 21.9. The number of hydrogen-bond donors (Lipinski definition) is 2. The van der Waals surface area contributed by atoms with Crippen LogP contribution in [0.2, 0.25) is 0 Å². The van der Waals surface area contributed by atoms with E-state index >= 15 is 0 Å². The lowest BCUT2D eigenvalue weighted by molar-refractivity contribution is -0.111. The summed E-state index contributed by atoms with van der Waals surface area (Å²) in [6, 6.07) is 5.78. The predicted molar refractivity (Wildman–Crippen MR) is 59.3 cm³/mol. The lowest BCUT2D eigenvalue weighted by Crippen LogP contribution is -2.01. The SMILES string of the molecule is CC(=O)C(=C(C)O)c1ccc(C(=O)O)cc1. The summed E-state index contributed by atoms with van der Waals surface area (Å²) >= 11 is 0. The number of rotatable bonds is 3. The summed E-state index contributed by atoms with van der Waals surface area (Å²) < 4.78 is 0. The summed E-state index contributed by atoms with van der Waals surface area (Å²) in [5, 5.41) is 18.1. The van der Waals surface area contributed by atoms with E-state index in [9.17, 15) is 14.7 Å². The number of aliphatic hydroxyl groups excluding tert-OH is 1. The predicted octanol–water partition coefficient (Wildman–Crippen LogP) is 2.26. The Kier molecular flexibility index (Phi) is 3.45. The average Bonchev–Trinajstić information content (AvgIpc) is 2.17. The van der Waals surface area contributed by atoms with Crippen molar-refractivity contribution in [3.05, 3.63) is 41.2 Å². The van der Waals surface area contributed by atoms with Gasteiger partial charge in [0.1, 0.15) is 5.76 Å². The number of hydrogen-bond acceptors (Lipinski definition) is 3. The molecule has 0 unspecified atom stereocenters. The molecule has 0 saturated carbocycles. The molecule has 0 saturated heterocycles. The van der Waals surface area contributed by atoms with E-state index in [0.717, 1.165) is 0 Å². The molecule has 0 aliphatic carbocycles. The molecule has 84 valence electrons. The van der Waals surface area contributed by atoms with E-state index in [2.05, 4.69) is 0 Å². The molecule has 0 radical (unpaired) electrons. The zero-order chi connectivity index (χ0) is 12.3. The van der Waals surface area contributed by atoms with Crippen LogP contribution in [0.3, 0.4) is 0 Å². The smallest absolute Gasteiger partial charge is 0.335 e. The summed E-state index contributed by atoms with van der Waals surface area (Å²) in [5.74, 6) is -1.36. The Balaban J connectivity index is 3.20. The maximum atomic E-state index is 11.3. The van der Waals surface area contributed by atoms with Gasteiger partial charge in [0.05, 0.1) is 11.1 Å². The van der Waals surface area contributed by atoms with E-state index in [-0.39, 0.29) is 22.7 Å². The van der Waals surface area contributed by atoms with Gasteiger partial charge in [0.25, 0.3) is 0 Å². The maximum Gasteiger partial charge on any atom is 0.335 e. The van der Waals surface area contributed by atoms with Gasteiger partial charge in [0.2, 0.25) is 0 Å². The molecule has 0 heterocycles. The Morgan fingerprint density at radius 1 is 0.938 bits per heavy atom. The van der Waals surface area contributed by atoms with E-state index in [1.807, 2.05) is 0 Å². The molecule has 0 atom stereocenters. The van der Waals surface area contributed by atoms with Crippen molar-refractivity contribution in [2.45, 2.75) is 13.8 Å². The van der Waals surface area contributed by atoms with Crippen LogP contribution in [0.25, 0.3) is 5.57 Å². The molecule has 2 N–H and O–H groups in total. The zero-order valence-corrected chi connectivity index (χ0v) is 9.02. The number of carbonyl (C=O) groups excluding carboxylic acids is 1. The van der Waals surface area contributed by atoms with E-state index in [1.54, 1.807) is 0 Å². The highest BCUT2D eigenvalue weighted by molar-refractivity contribution is 6.20. The van der Waals surface area contributed by atoms with Crippen molar-refractivity contribution in [2.24, 2.45) is 0 Å². The highest BCUT2D eigenvalue weighted by Gasteiger charge is 2.11. The minimum absolute atomic E-state index is 0.0735. The summed E-state index contributed by atoms with van der Waals surface area (Å²) in [7, 11) is 0. The second kappa shape index (κ2) is 4.61. The van der Waals surface area contributed by atoms with Crippen LogP contribution in [-0.4, -0.2) is 22.0 Å². The monoisotopic (exact) mass is 220 g/mol. The standard InChI is InChI=1S/C12H12O4/c1-7(13)11(8(2)14)9-3-5-10(6-4-9)12(15)16/h3-6,13H,1-2H3,(H,15,16). The van der Waals surface area contributed by atoms with Gasteiger partial charge < -0.3 is 10.2 Å². The molecule has 0 bridgehead atoms. The number of Topliss-reactive ketones (excluding diaryl/α,β-unsaturated/α-hetero) is 1. The van der Waals surface area contributed by atoms with Gasteiger partial charge in [0.15, 0.2) is 5.78 Å². The van der Waals surface area contributed by atoms with Crippen molar-refractivity contribution in [1.82, 2.24) is 0 Å². The van der Waals surface area contributed by atoms with Crippen molar-refractivity contribution in [3.8, 4) is 0 Å². The molecule has 1 aromatic carbocycles. The first-order chi connectivity index (χ1) is 7.43. The second-order valence-corrected chi connectivity index (χ2v) is 3.40. The third kappa shape index (κ3) is 2.48. The summed E-state index contributed by atoms with van der Waals surface area (Å²) in [6.07, 6.45) is 0. The molecule has 16 heavy (non-hydrogen) atoms. The molecule has 1 aromatic rings. The van der Waals surface area contributed by atoms with Crippen LogP contribution in [0.5, 0.6) is 0 Å². The highest BCUT2D eigenvalue weighted by Crippen LogP contribution is 2.19. The number of carboxylic acid groups (broad SMARTS) is 1. The minimum Gasteiger partial charge on any atom is -0.512 e. The quantitative estimate of drug-likeness (QED) is 0.605. The fourth-order valence-electron chi connectivity index (χ4n) is 1.45. The number of aromatic carboxylic acids is 1. The molecule has 0 spiro atoms. The van der Waals surface area contributed by atoms with Gasteiger partial charge >= 0.3 is 5.97 Å². The molecule has 4 nitrogen and oxygen atoms in total. The molecule has 1 rings (SSSR count). The van der Waals surface area contributed by atoms with Crippen LogP contribution < -0.4 is 0 Å². The van der Waals surface area contributed by atoms with Gasteiger partial charge in [0, 0.05) is 0 Å². The van der Waals surface area contributed by atoms with Gasteiger partial charge in [-0.1, -0.05) is 12.1 Å². The summed E-state index contributed by atoms with van der Waals surface area (Å²) in [5.41, 5.74) is 0.858. The molecule has 0 aliphatic heterocycles. The Morgan fingerprint density at radius 3 is 1.69 bits per heavy atom. The third-order valence-corrected chi connectivity index (χ3v) is 2.13. The third-order valence-electron chi connectivity index (χ3n) is 2.13. The number of carboxylic acids is 1. The molecular weight excluding hydrogens is 208 g/mol. The van der Waals surface area contributed by atoms with Gasteiger partial charge in [-0.25, -0.2) is 4.79 Å². The number of ketones is 1. The van der Waals surface area contributed by atoms with Crippen molar-refractivity contribution in [3.63, 3.8) is 0 Å². The van der Waals surface area contributed by atoms with Crippen LogP contribution in [0.15, 0.2) is 30.0 Å². The topological polar surface area (TPSA) is 74.6 Å². The van der Waals surface area contributed by atoms with Crippen molar-refractivity contribution in [1.29, 1.82) is 0 Å². The lowest BCUT2D eigenvalue weighted by Gasteiger charge is -2.05. The highest BCUT2D eigenvalue weighted by atomic mass is 16.4. The van der Waals surface area contributed by atoms with Crippen LogP contribution in [0.4, 0.5) is 0 Å². The molecule has 0 fully saturated rings. The average molecular weight is 220 g/mol. The fraction of sp³-hybridized carbons (Fsp3) is 0.167. The van der Waals surface area contributed by atoms with Crippen molar-refractivity contribution >= 4 is 17.3 Å². The number of allylic oxidation sites excluding steroid dienone is 2. The van der Waals surface area contributed by atoms with E-state index in [4.69, 9.17) is 5.11 Å². The first-order valence-electron chi connectivity index (χ1n) is 4.68. The van der Waals surface area contributed by atoms with Crippen LogP contribution in [-0.2, 0) is 4.79 Å². The van der Waals surface area contributed by atoms with Gasteiger partial charge in [-0.15, -0.1) is 0 Å². The van der Waals surface area contributed by atoms with Crippen LogP contribution in [0.1, 0.15) is 29.8 Å². The first-order valence-corrected chi connectivity index (χ1v) is 4.68. The van der Waals surface area contributed by atoms with Crippen LogP contribution >= 0.6 is 0 Å². The first kappa shape index (κ1) is 12.0. The van der Waals surface area contributed by atoms with Crippen LogP contribution in [0, 0.1) is 0 Å². The Bertz CT molecular complexity index is 450. The van der Waals surface area contributed by atoms with Crippen molar-refractivity contribution < 1.29 is 19.8 Å². The van der Waals surface area contributed by atoms with Crippen molar-refractivity contribution in [2.75, 3.05) is 0 Å². The lowest BCUT2D eigenvalue weighted by atomic mass is 10.00.